The van der Waals surface area contributed by atoms with Gasteiger partial charge in [-0.25, -0.2) is 0 Å². The Kier molecular flexibility index (Phi) is 2.21. The highest BCUT2D eigenvalue weighted by atomic mass is 16.5. The van der Waals surface area contributed by atoms with Gasteiger partial charge >= 0.3 is 0 Å². The Balaban J connectivity index is 1.92. The summed E-state index contributed by atoms with van der Waals surface area (Å²) in [5.41, 5.74) is 7.80. The van der Waals surface area contributed by atoms with Crippen molar-refractivity contribution in [3.8, 4) is 5.75 Å². The molecule has 86 valence electrons. The van der Waals surface area contributed by atoms with Crippen LogP contribution in [0.15, 0.2) is 24.3 Å². The molecule has 0 aromatic heterocycles. The predicted octanol–water partition coefficient (Wildman–Crippen LogP) is 2.67. The Morgan fingerprint density at radius 2 is 1.94 bits per heavy atom. The lowest BCUT2D eigenvalue weighted by Gasteiger charge is -2.13. The van der Waals surface area contributed by atoms with Crippen molar-refractivity contribution in [2.45, 2.75) is 31.2 Å². The lowest BCUT2D eigenvalue weighted by Crippen LogP contribution is -2.23. The van der Waals surface area contributed by atoms with Crippen molar-refractivity contribution in [3.05, 3.63) is 29.8 Å². The Morgan fingerprint density at radius 3 is 2.56 bits per heavy atom. The van der Waals surface area contributed by atoms with Gasteiger partial charge in [-0.1, -0.05) is 25.0 Å². The molecule has 2 fully saturated rings. The third kappa shape index (κ3) is 1.29. The van der Waals surface area contributed by atoms with Gasteiger partial charge in [0, 0.05) is 5.54 Å². The van der Waals surface area contributed by atoms with Gasteiger partial charge in [0.1, 0.15) is 5.75 Å². The number of hydrogen-bond donors (Lipinski definition) is 1. The minimum atomic E-state index is -0.0506. The molecule has 0 radical (unpaired) electrons. The fourth-order valence-electron chi connectivity index (χ4n) is 3.49. The summed E-state index contributed by atoms with van der Waals surface area (Å²) < 4.78 is 5.28. The fraction of sp³-hybridized carbons (Fsp3) is 0.571. The zero-order chi connectivity index (χ0) is 11.2. The molecular weight excluding hydrogens is 198 g/mol. The smallest absolute Gasteiger partial charge is 0.119 e. The average Bonchev–Trinajstić information content (AvgIpc) is 2.98. The second-order valence-electron chi connectivity index (χ2n) is 5.16. The number of methoxy groups -OCH3 is 1. The molecule has 2 N–H and O–H groups in total. The first-order valence-electron chi connectivity index (χ1n) is 6.20. The van der Waals surface area contributed by atoms with Gasteiger partial charge in [0.05, 0.1) is 7.11 Å². The summed E-state index contributed by atoms with van der Waals surface area (Å²) in [6, 6.07) is 8.30. The molecule has 0 bridgehead atoms. The maximum Gasteiger partial charge on any atom is 0.119 e. The van der Waals surface area contributed by atoms with Crippen LogP contribution in [0.4, 0.5) is 0 Å². The predicted molar refractivity (Wildman–Crippen MR) is 64.3 cm³/mol. The topological polar surface area (TPSA) is 35.2 Å². The first kappa shape index (κ1) is 10.2. The lowest BCUT2D eigenvalue weighted by molar-refractivity contribution is 0.413. The maximum absolute atomic E-state index is 6.59. The monoisotopic (exact) mass is 217 g/mol. The molecule has 0 saturated heterocycles. The first-order valence-corrected chi connectivity index (χ1v) is 6.20. The second-order valence-corrected chi connectivity index (χ2v) is 5.16. The summed E-state index contributed by atoms with van der Waals surface area (Å²) in [5.74, 6) is 2.35. The SMILES string of the molecule is COc1cccc(C2(N)C3CCCCC32)c1. The molecular formula is C14H19NO. The standard InChI is InChI=1S/C14H19NO/c1-16-11-6-4-5-10(9-11)14(15)12-7-2-3-8-13(12)14/h4-6,9,12-13H,2-3,7-8,15H2,1H3. The molecule has 3 rings (SSSR count). The molecule has 1 aromatic rings. The Morgan fingerprint density at radius 1 is 1.25 bits per heavy atom. The van der Waals surface area contributed by atoms with Gasteiger partial charge in [-0.05, 0) is 42.4 Å². The van der Waals surface area contributed by atoms with E-state index >= 15 is 0 Å². The summed E-state index contributed by atoms with van der Waals surface area (Å²) in [7, 11) is 1.71. The van der Waals surface area contributed by atoms with Crippen molar-refractivity contribution < 1.29 is 4.74 Å². The molecule has 1 aromatic carbocycles. The van der Waals surface area contributed by atoms with Crippen LogP contribution in [-0.2, 0) is 5.54 Å². The van der Waals surface area contributed by atoms with E-state index in [9.17, 15) is 0 Å². The van der Waals surface area contributed by atoms with Gasteiger partial charge in [0.2, 0.25) is 0 Å². The van der Waals surface area contributed by atoms with E-state index in [-0.39, 0.29) is 5.54 Å². The van der Waals surface area contributed by atoms with Gasteiger partial charge in [-0.3, -0.25) is 0 Å². The van der Waals surface area contributed by atoms with Gasteiger partial charge in [-0.15, -0.1) is 0 Å². The molecule has 2 atom stereocenters. The summed E-state index contributed by atoms with van der Waals surface area (Å²) in [4.78, 5) is 0. The fourth-order valence-corrected chi connectivity index (χ4v) is 3.49. The molecule has 0 aliphatic heterocycles. The number of nitrogens with two attached hydrogens (primary N) is 1. The summed E-state index contributed by atoms with van der Waals surface area (Å²) >= 11 is 0. The third-order valence-corrected chi connectivity index (χ3v) is 4.45. The molecule has 2 aliphatic rings. The summed E-state index contributed by atoms with van der Waals surface area (Å²) in [5, 5.41) is 0. The number of benzene rings is 1. The molecule has 16 heavy (non-hydrogen) atoms. The lowest BCUT2D eigenvalue weighted by atomic mass is 10.0. The van der Waals surface area contributed by atoms with Crippen LogP contribution in [0.5, 0.6) is 5.75 Å². The van der Waals surface area contributed by atoms with Gasteiger partial charge in [-0.2, -0.15) is 0 Å². The van der Waals surface area contributed by atoms with E-state index in [0.29, 0.717) is 11.8 Å². The number of hydrogen-bond acceptors (Lipinski definition) is 2. The maximum atomic E-state index is 6.59. The average molecular weight is 217 g/mol. The number of ether oxygens (including phenoxy) is 1. The molecule has 0 spiro atoms. The first-order chi connectivity index (χ1) is 7.76. The van der Waals surface area contributed by atoms with Crippen molar-refractivity contribution in [2.24, 2.45) is 17.6 Å². The van der Waals surface area contributed by atoms with E-state index in [4.69, 9.17) is 10.5 Å². The van der Waals surface area contributed by atoms with E-state index in [1.807, 2.05) is 12.1 Å². The number of fused-ring (bicyclic) bond motifs is 1. The molecule has 0 heterocycles. The highest BCUT2D eigenvalue weighted by molar-refractivity contribution is 5.40. The van der Waals surface area contributed by atoms with Crippen LogP contribution < -0.4 is 10.5 Å². The quantitative estimate of drug-likeness (QED) is 0.826. The summed E-state index contributed by atoms with van der Waals surface area (Å²) in [6.45, 7) is 0. The normalized spacial score (nSPS) is 36.6. The molecule has 2 heteroatoms. The van der Waals surface area contributed by atoms with Crippen LogP contribution in [0.2, 0.25) is 0 Å². The van der Waals surface area contributed by atoms with Crippen molar-refractivity contribution >= 4 is 0 Å². The zero-order valence-corrected chi connectivity index (χ0v) is 9.78. The zero-order valence-electron chi connectivity index (χ0n) is 9.78. The minimum Gasteiger partial charge on any atom is -0.497 e. The summed E-state index contributed by atoms with van der Waals surface area (Å²) in [6.07, 6.45) is 5.31. The van der Waals surface area contributed by atoms with Crippen LogP contribution >= 0.6 is 0 Å². The Labute approximate surface area is 96.8 Å². The highest BCUT2D eigenvalue weighted by Crippen LogP contribution is 2.62. The largest absolute Gasteiger partial charge is 0.497 e. The van der Waals surface area contributed by atoms with E-state index in [1.54, 1.807) is 7.11 Å². The minimum absolute atomic E-state index is 0.0506. The number of rotatable bonds is 2. The Hall–Kier alpha value is -1.02. The highest BCUT2D eigenvalue weighted by Gasteiger charge is 2.62. The molecule has 2 nitrogen and oxygen atoms in total. The van der Waals surface area contributed by atoms with Crippen LogP contribution in [0.25, 0.3) is 0 Å². The van der Waals surface area contributed by atoms with E-state index in [0.717, 1.165) is 5.75 Å². The molecule has 2 unspecified atom stereocenters. The molecule has 0 amide bonds. The van der Waals surface area contributed by atoms with E-state index in [1.165, 1.54) is 31.2 Å². The second kappa shape index (κ2) is 3.49. The molecule has 2 aliphatic carbocycles. The van der Waals surface area contributed by atoms with Crippen molar-refractivity contribution in [1.82, 2.24) is 0 Å². The van der Waals surface area contributed by atoms with Crippen molar-refractivity contribution in [1.29, 1.82) is 0 Å². The van der Waals surface area contributed by atoms with Gasteiger partial charge < -0.3 is 10.5 Å². The van der Waals surface area contributed by atoms with Gasteiger partial charge in [0.15, 0.2) is 0 Å². The van der Waals surface area contributed by atoms with Gasteiger partial charge in [0.25, 0.3) is 0 Å². The van der Waals surface area contributed by atoms with Crippen molar-refractivity contribution in [2.75, 3.05) is 7.11 Å². The van der Waals surface area contributed by atoms with E-state index in [2.05, 4.69) is 12.1 Å². The van der Waals surface area contributed by atoms with Crippen LogP contribution in [0, 0.1) is 11.8 Å². The third-order valence-electron chi connectivity index (χ3n) is 4.45. The Bertz CT molecular complexity index is 389. The van der Waals surface area contributed by atoms with Crippen LogP contribution in [0.1, 0.15) is 31.2 Å². The van der Waals surface area contributed by atoms with E-state index < -0.39 is 0 Å². The van der Waals surface area contributed by atoms with Crippen molar-refractivity contribution in [3.63, 3.8) is 0 Å². The van der Waals surface area contributed by atoms with Crippen LogP contribution in [0.3, 0.4) is 0 Å². The van der Waals surface area contributed by atoms with Crippen LogP contribution in [-0.4, -0.2) is 7.11 Å². The molecule has 2 saturated carbocycles.